The van der Waals surface area contributed by atoms with Crippen LogP contribution in [0.15, 0.2) is 30.3 Å². The molecule has 1 aliphatic heterocycles. The summed E-state index contributed by atoms with van der Waals surface area (Å²) in [5.41, 5.74) is 1.39. The molecule has 2 heteroatoms. The van der Waals surface area contributed by atoms with Crippen LogP contribution < -0.4 is 5.32 Å². The van der Waals surface area contributed by atoms with E-state index in [9.17, 15) is 0 Å². The number of nitrogens with one attached hydrogen (secondary N) is 1. The molecule has 1 aliphatic rings. The smallest absolute Gasteiger partial charge is 0.0681 e. The van der Waals surface area contributed by atoms with Crippen LogP contribution in [0.4, 0.5) is 0 Å². The fourth-order valence-electron chi connectivity index (χ4n) is 2.84. The van der Waals surface area contributed by atoms with Gasteiger partial charge in [-0.1, -0.05) is 44.2 Å². The van der Waals surface area contributed by atoms with Crippen molar-refractivity contribution in [1.82, 2.24) is 5.32 Å². The largest absolute Gasteiger partial charge is 0.377 e. The van der Waals surface area contributed by atoms with Crippen LogP contribution in [0.2, 0.25) is 0 Å². The molecule has 2 nitrogen and oxygen atoms in total. The minimum atomic E-state index is 0.372. The third-order valence-corrected chi connectivity index (χ3v) is 3.92. The van der Waals surface area contributed by atoms with Crippen molar-refractivity contribution in [2.75, 3.05) is 19.7 Å². The van der Waals surface area contributed by atoms with Crippen LogP contribution in [0.1, 0.15) is 38.2 Å². The summed E-state index contributed by atoms with van der Waals surface area (Å²) in [4.78, 5) is 0. The molecule has 3 atom stereocenters. The van der Waals surface area contributed by atoms with Crippen LogP contribution in [-0.2, 0) is 4.74 Å². The zero-order valence-corrected chi connectivity index (χ0v) is 11.6. The molecule has 0 spiro atoms. The minimum absolute atomic E-state index is 0.372. The van der Waals surface area contributed by atoms with Gasteiger partial charge in [0.15, 0.2) is 0 Å². The summed E-state index contributed by atoms with van der Waals surface area (Å²) in [5.74, 6) is 1.15. The quantitative estimate of drug-likeness (QED) is 0.779. The Morgan fingerprint density at radius 3 is 2.83 bits per heavy atom. The molecule has 0 amide bonds. The van der Waals surface area contributed by atoms with Crippen LogP contribution in [0.3, 0.4) is 0 Å². The molecule has 1 N–H and O–H groups in total. The summed E-state index contributed by atoms with van der Waals surface area (Å²) in [6.07, 6.45) is 2.77. The van der Waals surface area contributed by atoms with Crippen molar-refractivity contribution >= 4 is 0 Å². The second-order valence-corrected chi connectivity index (χ2v) is 5.29. The van der Waals surface area contributed by atoms with Gasteiger partial charge in [-0.25, -0.2) is 0 Å². The van der Waals surface area contributed by atoms with E-state index in [1.165, 1.54) is 18.4 Å². The summed E-state index contributed by atoms with van der Waals surface area (Å²) < 4.78 is 5.97. The first-order chi connectivity index (χ1) is 8.83. The maximum atomic E-state index is 5.97. The molecule has 1 aromatic rings. The van der Waals surface area contributed by atoms with Gasteiger partial charge in [0, 0.05) is 25.0 Å². The van der Waals surface area contributed by atoms with E-state index in [-0.39, 0.29) is 0 Å². The summed E-state index contributed by atoms with van der Waals surface area (Å²) in [6.45, 7) is 7.62. The van der Waals surface area contributed by atoms with Gasteiger partial charge in [-0.2, -0.15) is 0 Å². The van der Waals surface area contributed by atoms with E-state index in [2.05, 4.69) is 49.5 Å². The average Bonchev–Trinajstić information content (AvgIpc) is 2.88. The van der Waals surface area contributed by atoms with Crippen LogP contribution in [-0.4, -0.2) is 25.8 Å². The molecule has 1 aromatic carbocycles. The first kappa shape index (κ1) is 13.6. The van der Waals surface area contributed by atoms with Crippen molar-refractivity contribution in [2.45, 2.75) is 38.7 Å². The van der Waals surface area contributed by atoms with E-state index in [1.54, 1.807) is 0 Å². The van der Waals surface area contributed by atoms with E-state index < -0.39 is 0 Å². The Labute approximate surface area is 111 Å². The Balaban J connectivity index is 1.94. The summed E-state index contributed by atoms with van der Waals surface area (Å²) >= 11 is 0. The summed E-state index contributed by atoms with van der Waals surface area (Å²) in [6, 6.07) is 10.7. The highest BCUT2D eigenvalue weighted by Crippen LogP contribution is 2.32. The third-order valence-electron chi connectivity index (χ3n) is 3.92. The standard InChI is InChI=1S/C16H25NO/c1-3-10-17-12-15-9-11-18-16(15)13(2)14-7-5-4-6-8-14/h4-8,13,15-17H,3,9-12H2,1-2H3. The highest BCUT2D eigenvalue weighted by Gasteiger charge is 2.32. The molecule has 2 rings (SSSR count). The molecule has 100 valence electrons. The Morgan fingerprint density at radius 2 is 2.11 bits per heavy atom. The second kappa shape index (κ2) is 6.91. The van der Waals surface area contributed by atoms with E-state index in [0.717, 1.165) is 19.7 Å². The lowest BCUT2D eigenvalue weighted by molar-refractivity contribution is 0.0719. The lowest BCUT2D eigenvalue weighted by atomic mass is 9.87. The monoisotopic (exact) mass is 247 g/mol. The lowest BCUT2D eigenvalue weighted by Gasteiger charge is -2.25. The Hall–Kier alpha value is -0.860. The van der Waals surface area contributed by atoms with Gasteiger partial charge in [0.25, 0.3) is 0 Å². The summed E-state index contributed by atoms with van der Waals surface area (Å²) in [5, 5.41) is 3.53. The maximum absolute atomic E-state index is 5.97. The van der Waals surface area contributed by atoms with Gasteiger partial charge in [0.05, 0.1) is 6.10 Å². The SMILES string of the molecule is CCCNCC1CCOC1C(C)c1ccccc1. The average molecular weight is 247 g/mol. The number of hydrogen-bond acceptors (Lipinski definition) is 2. The van der Waals surface area contributed by atoms with Gasteiger partial charge in [0.1, 0.15) is 0 Å². The van der Waals surface area contributed by atoms with Crippen molar-refractivity contribution in [1.29, 1.82) is 0 Å². The van der Waals surface area contributed by atoms with Crippen LogP contribution in [0, 0.1) is 5.92 Å². The molecule has 1 heterocycles. The van der Waals surface area contributed by atoms with E-state index in [0.29, 0.717) is 17.9 Å². The van der Waals surface area contributed by atoms with Gasteiger partial charge in [0.2, 0.25) is 0 Å². The van der Waals surface area contributed by atoms with Gasteiger partial charge in [-0.05, 0) is 24.9 Å². The molecule has 1 saturated heterocycles. The Morgan fingerprint density at radius 1 is 1.33 bits per heavy atom. The van der Waals surface area contributed by atoms with Crippen molar-refractivity contribution in [3.63, 3.8) is 0 Å². The van der Waals surface area contributed by atoms with Crippen LogP contribution in [0.5, 0.6) is 0 Å². The molecular formula is C16H25NO. The molecule has 0 bridgehead atoms. The van der Waals surface area contributed by atoms with Gasteiger partial charge >= 0.3 is 0 Å². The Kier molecular flexibility index (Phi) is 5.21. The number of benzene rings is 1. The minimum Gasteiger partial charge on any atom is -0.377 e. The molecule has 1 fully saturated rings. The van der Waals surface area contributed by atoms with E-state index >= 15 is 0 Å². The molecule has 18 heavy (non-hydrogen) atoms. The fourth-order valence-corrected chi connectivity index (χ4v) is 2.84. The number of hydrogen-bond donors (Lipinski definition) is 1. The molecule has 0 aliphatic carbocycles. The highest BCUT2D eigenvalue weighted by molar-refractivity contribution is 5.20. The summed E-state index contributed by atoms with van der Waals surface area (Å²) in [7, 11) is 0. The molecule has 0 aromatic heterocycles. The number of ether oxygens (including phenoxy) is 1. The van der Waals surface area contributed by atoms with Crippen molar-refractivity contribution < 1.29 is 4.74 Å². The molecule has 3 unspecified atom stereocenters. The van der Waals surface area contributed by atoms with Gasteiger partial charge in [-0.15, -0.1) is 0 Å². The normalized spacial score (nSPS) is 25.2. The fraction of sp³-hybridized carbons (Fsp3) is 0.625. The zero-order valence-electron chi connectivity index (χ0n) is 11.6. The predicted octanol–water partition coefficient (Wildman–Crippen LogP) is 3.19. The zero-order chi connectivity index (χ0) is 12.8. The first-order valence-electron chi connectivity index (χ1n) is 7.20. The van der Waals surface area contributed by atoms with Crippen LogP contribution in [0.25, 0.3) is 0 Å². The van der Waals surface area contributed by atoms with Crippen molar-refractivity contribution in [3.05, 3.63) is 35.9 Å². The Bertz CT molecular complexity index is 338. The van der Waals surface area contributed by atoms with Crippen LogP contribution >= 0.6 is 0 Å². The molecule has 0 radical (unpaired) electrons. The molecular weight excluding hydrogens is 222 g/mol. The topological polar surface area (TPSA) is 21.3 Å². The van der Waals surface area contributed by atoms with E-state index in [1.807, 2.05) is 0 Å². The first-order valence-corrected chi connectivity index (χ1v) is 7.20. The van der Waals surface area contributed by atoms with E-state index in [4.69, 9.17) is 4.74 Å². The second-order valence-electron chi connectivity index (χ2n) is 5.29. The third kappa shape index (κ3) is 3.33. The highest BCUT2D eigenvalue weighted by atomic mass is 16.5. The van der Waals surface area contributed by atoms with Crippen molar-refractivity contribution in [2.24, 2.45) is 5.92 Å². The van der Waals surface area contributed by atoms with Crippen molar-refractivity contribution in [3.8, 4) is 0 Å². The van der Waals surface area contributed by atoms with Gasteiger partial charge in [-0.3, -0.25) is 0 Å². The maximum Gasteiger partial charge on any atom is 0.0681 e. The van der Waals surface area contributed by atoms with Gasteiger partial charge < -0.3 is 10.1 Å². The lowest BCUT2D eigenvalue weighted by Crippen LogP contribution is -2.32. The number of rotatable bonds is 6. The predicted molar refractivity (Wildman–Crippen MR) is 75.9 cm³/mol. The molecule has 0 saturated carbocycles.